The minimum absolute atomic E-state index is 0.00276. The van der Waals surface area contributed by atoms with E-state index in [0.717, 1.165) is 5.69 Å². The van der Waals surface area contributed by atoms with Crippen LogP contribution in [-0.2, 0) is 6.61 Å². The summed E-state index contributed by atoms with van der Waals surface area (Å²) < 4.78 is 11.6. The Labute approximate surface area is 206 Å². The van der Waals surface area contributed by atoms with Crippen molar-refractivity contribution in [2.45, 2.75) is 6.61 Å². The molecule has 0 spiro atoms. The molecular weight excluding hydrogens is 474 g/mol. The van der Waals surface area contributed by atoms with Crippen molar-refractivity contribution in [1.29, 1.82) is 0 Å². The van der Waals surface area contributed by atoms with Gasteiger partial charge in [-0.1, -0.05) is 17.7 Å². The molecule has 0 radical (unpaired) electrons. The van der Waals surface area contributed by atoms with E-state index in [-0.39, 0.29) is 13.2 Å². The van der Waals surface area contributed by atoms with Crippen LogP contribution in [0.2, 0.25) is 5.02 Å². The highest BCUT2D eigenvalue weighted by molar-refractivity contribution is 6.32. The summed E-state index contributed by atoms with van der Waals surface area (Å²) in [4.78, 5) is 14.7. The fourth-order valence-electron chi connectivity index (χ4n) is 3.39. The molecule has 0 unspecified atom stereocenters. The largest absolute Gasteiger partial charge is 0.486 e. The molecule has 35 heavy (non-hydrogen) atoms. The molecule has 0 aliphatic heterocycles. The van der Waals surface area contributed by atoms with Crippen LogP contribution in [0.1, 0.15) is 5.69 Å². The molecular formula is C23H26ClN7O4. The van der Waals surface area contributed by atoms with Gasteiger partial charge < -0.3 is 25.0 Å². The van der Waals surface area contributed by atoms with Gasteiger partial charge in [-0.2, -0.15) is 0 Å². The molecule has 0 aliphatic rings. The van der Waals surface area contributed by atoms with Crippen molar-refractivity contribution < 1.29 is 19.7 Å². The number of rotatable bonds is 13. The molecule has 12 heteroatoms. The maximum absolute atomic E-state index is 9.16. The van der Waals surface area contributed by atoms with E-state index in [1.165, 1.54) is 6.33 Å². The van der Waals surface area contributed by atoms with E-state index in [9.17, 15) is 0 Å². The summed E-state index contributed by atoms with van der Waals surface area (Å²) >= 11 is 6.44. The van der Waals surface area contributed by atoms with Crippen LogP contribution in [0, 0.1) is 0 Å². The molecule has 0 saturated carbocycles. The van der Waals surface area contributed by atoms with E-state index >= 15 is 0 Å². The number of aliphatic hydroxyl groups is 2. The highest BCUT2D eigenvalue weighted by Crippen LogP contribution is 2.33. The fourth-order valence-corrected chi connectivity index (χ4v) is 3.62. The SMILES string of the molecule is OCCN(CCO)CCOc1n[nH]c2ncnc(Nc3ccc(OCc4ccccn4)c(Cl)c3)c12. The van der Waals surface area contributed by atoms with Crippen molar-refractivity contribution >= 4 is 34.1 Å². The second-order valence-electron chi connectivity index (χ2n) is 7.49. The van der Waals surface area contributed by atoms with Gasteiger partial charge in [-0.05, 0) is 30.3 Å². The number of benzene rings is 1. The quantitative estimate of drug-likeness (QED) is 0.216. The number of hydrogen-bond donors (Lipinski definition) is 4. The molecule has 0 amide bonds. The maximum Gasteiger partial charge on any atom is 0.246 e. The molecule has 11 nitrogen and oxygen atoms in total. The summed E-state index contributed by atoms with van der Waals surface area (Å²) in [5.74, 6) is 1.38. The van der Waals surface area contributed by atoms with Gasteiger partial charge in [0, 0.05) is 31.5 Å². The lowest BCUT2D eigenvalue weighted by Crippen LogP contribution is -2.33. The second-order valence-corrected chi connectivity index (χ2v) is 7.90. The average molecular weight is 500 g/mol. The Hall–Kier alpha value is -3.51. The minimum Gasteiger partial charge on any atom is -0.486 e. The molecule has 4 rings (SSSR count). The number of halogens is 1. The molecule has 0 saturated heterocycles. The van der Waals surface area contributed by atoms with Crippen LogP contribution in [0.5, 0.6) is 11.6 Å². The summed E-state index contributed by atoms with van der Waals surface area (Å²) in [5, 5.41) is 29.6. The first-order chi connectivity index (χ1) is 17.2. The van der Waals surface area contributed by atoms with Gasteiger partial charge in [-0.3, -0.25) is 15.0 Å². The average Bonchev–Trinajstić information content (AvgIpc) is 3.28. The van der Waals surface area contributed by atoms with E-state index < -0.39 is 0 Å². The third-order valence-electron chi connectivity index (χ3n) is 5.10. The lowest BCUT2D eigenvalue weighted by Gasteiger charge is -2.19. The molecule has 3 aromatic heterocycles. The lowest BCUT2D eigenvalue weighted by molar-refractivity contribution is 0.141. The molecule has 0 atom stereocenters. The Morgan fingerprint density at radius 1 is 1.00 bits per heavy atom. The molecule has 0 fully saturated rings. The summed E-state index contributed by atoms with van der Waals surface area (Å²) in [6, 6.07) is 11.0. The number of anilines is 2. The smallest absolute Gasteiger partial charge is 0.246 e. The Kier molecular flexibility index (Phi) is 8.63. The number of aliphatic hydroxyl groups excluding tert-OH is 2. The predicted octanol–water partition coefficient (Wildman–Crippen LogP) is 2.39. The van der Waals surface area contributed by atoms with Crippen LogP contribution in [0.3, 0.4) is 0 Å². The third kappa shape index (κ3) is 6.55. The highest BCUT2D eigenvalue weighted by atomic mass is 35.5. The van der Waals surface area contributed by atoms with Gasteiger partial charge in [0.15, 0.2) is 5.65 Å². The first-order valence-corrected chi connectivity index (χ1v) is 11.4. The van der Waals surface area contributed by atoms with Crippen molar-refractivity contribution in [1.82, 2.24) is 30.0 Å². The molecule has 0 aliphatic carbocycles. The summed E-state index contributed by atoms with van der Waals surface area (Å²) in [5.41, 5.74) is 2.02. The topological polar surface area (TPSA) is 142 Å². The molecule has 0 bridgehead atoms. The second kappa shape index (κ2) is 12.3. The van der Waals surface area contributed by atoms with Crippen molar-refractivity contribution in [2.24, 2.45) is 0 Å². The monoisotopic (exact) mass is 499 g/mol. The minimum atomic E-state index is 0.00276. The highest BCUT2D eigenvalue weighted by Gasteiger charge is 2.16. The first-order valence-electron chi connectivity index (χ1n) is 11.0. The number of ether oxygens (including phenoxy) is 2. The Balaban J connectivity index is 1.44. The third-order valence-corrected chi connectivity index (χ3v) is 5.39. The zero-order valence-corrected chi connectivity index (χ0v) is 19.6. The molecule has 3 heterocycles. The van der Waals surface area contributed by atoms with E-state index in [4.69, 9.17) is 31.3 Å². The van der Waals surface area contributed by atoms with Crippen LogP contribution in [0.4, 0.5) is 11.5 Å². The predicted molar refractivity (Wildman–Crippen MR) is 131 cm³/mol. The number of H-pyrrole nitrogens is 1. The van der Waals surface area contributed by atoms with Crippen molar-refractivity contribution in [3.05, 3.63) is 59.6 Å². The van der Waals surface area contributed by atoms with E-state index in [1.54, 1.807) is 18.3 Å². The molecule has 4 N–H and O–H groups in total. The van der Waals surface area contributed by atoms with Gasteiger partial charge in [0.05, 0.1) is 23.9 Å². The number of pyridine rings is 1. The number of nitrogens with zero attached hydrogens (tertiary/aromatic N) is 5. The van der Waals surface area contributed by atoms with Gasteiger partial charge in [0.1, 0.15) is 36.5 Å². The zero-order valence-electron chi connectivity index (χ0n) is 18.9. The van der Waals surface area contributed by atoms with Gasteiger partial charge in [0.2, 0.25) is 5.88 Å². The molecule has 1 aromatic carbocycles. The van der Waals surface area contributed by atoms with Crippen LogP contribution in [0.25, 0.3) is 11.0 Å². The van der Waals surface area contributed by atoms with Gasteiger partial charge >= 0.3 is 0 Å². The zero-order chi connectivity index (χ0) is 24.5. The first kappa shape index (κ1) is 24.6. The molecule has 184 valence electrons. The standard InChI is InChI=1S/C23H26ClN7O4/c24-18-13-16(4-5-19(18)35-14-17-3-1-2-6-25-17)28-21-20-22(27-15-26-21)29-30-23(20)34-12-9-31(7-10-32)8-11-33/h1-6,13,15,32-33H,7-12,14H2,(H2,26,27,28,29,30). The Morgan fingerprint density at radius 3 is 2.60 bits per heavy atom. The Bertz CT molecular complexity index is 1220. The number of aromatic amines is 1. The van der Waals surface area contributed by atoms with E-state index in [0.29, 0.717) is 72.0 Å². The van der Waals surface area contributed by atoms with E-state index in [2.05, 4.69) is 30.5 Å². The normalized spacial score (nSPS) is 11.2. The summed E-state index contributed by atoms with van der Waals surface area (Å²) in [6.07, 6.45) is 3.13. The maximum atomic E-state index is 9.16. The number of nitrogens with one attached hydrogen (secondary N) is 2. The molecule has 4 aromatic rings. The van der Waals surface area contributed by atoms with Crippen molar-refractivity contribution in [3.8, 4) is 11.6 Å². The Morgan fingerprint density at radius 2 is 1.86 bits per heavy atom. The van der Waals surface area contributed by atoms with Crippen molar-refractivity contribution in [2.75, 3.05) is 44.8 Å². The van der Waals surface area contributed by atoms with Crippen LogP contribution < -0.4 is 14.8 Å². The van der Waals surface area contributed by atoms with Crippen LogP contribution >= 0.6 is 11.6 Å². The fraction of sp³-hybridized carbons (Fsp3) is 0.304. The van der Waals surface area contributed by atoms with Gasteiger partial charge in [-0.15, -0.1) is 5.10 Å². The van der Waals surface area contributed by atoms with Gasteiger partial charge in [0.25, 0.3) is 0 Å². The van der Waals surface area contributed by atoms with E-state index in [1.807, 2.05) is 29.2 Å². The van der Waals surface area contributed by atoms with Crippen LogP contribution in [-0.4, -0.2) is 79.7 Å². The van der Waals surface area contributed by atoms with Gasteiger partial charge in [-0.25, -0.2) is 9.97 Å². The van der Waals surface area contributed by atoms with Crippen molar-refractivity contribution in [3.63, 3.8) is 0 Å². The summed E-state index contributed by atoms with van der Waals surface area (Å²) in [6.45, 7) is 2.03. The number of hydrogen-bond acceptors (Lipinski definition) is 10. The van der Waals surface area contributed by atoms with Crippen LogP contribution in [0.15, 0.2) is 48.9 Å². The lowest BCUT2D eigenvalue weighted by atomic mass is 10.3. The number of fused-ring (bicyclic) bond motifs is 1. The summed E-state index contributed by atoms with van der Waals surface area (Å²) in [7, 11) is 0. The number of aromatic nitrogens is 5.